The number of aliphatic carboxylic acids is 1. The molecule has 0 saturated heterocycles. The summed E-state index contributed by atoms with van der Waals surface area (Å²) in [6, 6.07) is 4.07. The molecule has 0 radical (unpaired) electrons. The van der Waals surface area contributed by atoms with Crippen LogP contribution in [0.4, 0.5) is 0 Å². The van der Waals surface area contributed by atoms with Crippen molar-refractivity contribution in [1.29, 1.82) is 0 Å². The minimum absolute atomic E-state index is 0.0810. The molecule has 100 valence electrons. The van der Waals surface area contributed by atoms with Gasteiger partial charge in [-0.15, -0.1) is 0 Å². The minimum atomic E-state index is -0.990. The summed E-state index contributed by atoms with van der Waals surface area (Å²) < 4.78 is 0. The van der Waals surface area contributed by atoms with Crippen molar-refractivity contribution in [2.45, 2.75) is 12.5 Å². The van der Waals surface area contributed by atoms with Gasteiger partial charge in [-0.25, -0.2) is 9.78 Å². The summed E-state index contributed by atoms with van der Waals surface area (Å²) in [4.78, 5) is 23.8. The van der Waals surface area contributed by atoms with E-state index in [0.717, 1.165) is 5.75 Å². The summed E-state index contributed by atoms with van der Waals surface area (Å²) in [5, 5.41) is 16.6. The van der Waals surface area contributed by atoms with Gasteiger partial charge in [0.25, 0.3) is 0 Å². The SMILES string of the molecule is CSCCC(N)C(=O)O.O=C(O)c1ccccn1. The molecule has 1 atom stereocenters. The molecule has 1 unspecified atom stereocenters. The van der Waals surface area contributed by atoms with Crippen LogP contribution in [0.5, 0.6) is 0 Å². The van der Waals surface area contributed by atoms with E-state index in [9.17, 15) is 9.59 Å². The third kappa shape index (κ3) is 7.64. The van der Waals surface area contributed by atoms with Crippen LogP contribution < -0.4 is 5.73 Å². The molecule has 0 aliphatic heterocycles. The Morgan fingerprint density at radius 3 is 2.44 bits per heavy atom. The predicted octanol–water partition coefficient (Wildman–Crippen LogP) is 0.931. The summed E-state index contributed by atoms with van der Waals surface area (Å²) in [6.07, 6.45) is 3.93. The van der Waals surface area contributed by atoms with Gasteiger partial charge in [0.1, 0.15) is 11.7 Å². The number of aromatic nitrogens is 1. The molecule has 1 aromatic heterocycles. The van der Waals surface area contributed by atoms with Gasteiger partial charge in [-0.3, -0.25) is 4.79 Å². The summed E-state index contributed by atoms with van der Waals surface area (Å²) >= 11 is 1.60. The summed E-state index contributed by atoms with van der Waals surface area (Å²) in [6.45, 7) is 0. The van der Waals surface area contributed by atoms with E-state index < -0.39 is 18.0 Å². The second-order valence-electron chi connectivity index (χ2n) is 3.25. The highest BCUT2D eigenvalue weighted by Crippen LogP contribution is 1.97. The van der Waals surface area contributed by atoms with Crippen LogP contribution in [-0.4, -0.2) is 45.2 Å². The Labute approximate surface area is 109 Å². The van der Waals surface area contributed by atoms with Gasteiger partial charge in [-0.1, -0.05) is 6.07 Å². The lowest BCUT2D eigenvalue weighted by Gasteiger charge is -2.02. The molecule has 0 fully saturated rings. The number of pyridine rings is 1. The van der Waals surface area contributed by atoms with Gasteiger partial charge >= 0.3 is 11.9 Å². The Morgan fingerprint density at radius 2 is 2.11 bits per heavy atom. The van der Waals surface area contributed by atoms with Crippen LogP contribution in [0.15, 0.2) is 24.4 Å². The van der Waals surface area contributed by atoms with E-state index >= 15 is 0 Å². The van der Waals surface area contributed by atoms with E-state index in [4.69, 9.17) is 15.9 Å². The van der Waals surface area contributed by atoms with E-state index in [0.29, 0.717) is 6.42 Å². The van der Waals surface area contributed by atoms with E-state index in [1.165, 1.54) is 12.3 Å². The molecule has 1 heterocycles. The maximum Gasteiger partial charge on any atom is 0.354 e. The highest BCUT2D eigenvalue weighted by molar-refractivity contribution is 7.98. The fourth-order valence-corrected chi connectivity index (χ4v) is 1.35. The molecular formula is C11H16N2O4S. The number of hydrogen-bond donors (Lipinski definition) is 3. The lowest BCUT2D eigenvalue weighted by molar-refractivity contribution is -0.138. The van der Waals surface area contributed by atoms with E-state index in [2.05, 4.69) is 4.98 Å². The number of carboxylic acids is 2. The summed E-state index contributed by atoms with van der Waals surface area (Å²) in [7, 11) is 0. The minimum Gasteiger partial charge on any atom is -0.480 e. The van der Waals surface area contributed by atoms with Crippen molar-refractivity contribution in [3.63, 3.8) is 0 Å². The zero-order chi connectivity index (χ0) is 14.0. The van der Waals surface area contributed by atoms with Crippen molar-refractivity contribution in [3.8, 4) is 0 Å². The van der Waals surface area contributed by atoms with E-state index in [1.807, 2.05) is 6.26 Å². The molecule has 6 nitrogen and oxygen atoms in total. The Bertz CT molecular complexity index is 373. The quantitative estimate of drug-likeness (QED) is 0.730. The first-order chi connectivity index (χ1) is 8.49. The zero-order valence-electron chi connectivity index (χ0n) is 9.94. The van der Waals surface area contributed by atoms with Gasteiger partial charge in [0.2, 0.25) is 0 Å². The van der Waals surface area contributed by atoms with Gasteiger partial charge in [0, 0.05) is 6.20 Å². The molecule has 4 N–H and O–H groups in total. The predicted molar refractivity (Wildman–Crippen MR) is 69.8 cm³/mol. The smallest absolute Gasteiger partial charge is 0.354 e. The number of hydrogen-bond acceptors (Lipinski definition) is 5. The average Bonchev–Trinajstić information content (AvgIpc) is 2.37. The molecule has 0 aliphatic carbocycles. The molecular weight excluding hydrogens is 256 g/mol. The van der Waals surface area contributed by atoms with Crippen molar-refractivity contribution in [3.05, 3.63) is 30.1 Å². The number of rotatable bonds is 5. The zero-order valence-corrected chi connectivity index (χ0v) is 10.8. The first-order valence-electron chi connectivity index (χ1n) is 5.10. The van der Waals surface area contributed by atoms with Crippen molar-refractivity contribution in [1.82, 2.24) is 4.98 Å². The Hall–Kier alpha value is -1.60. The average molecular weight is 272 g/mol. The first-order valence-corrected chi connectivity index (χ1v) is 6.50. The fraction of sp³-hybridized carbons (Fsp3) is 0.364. The highest BCUT2D eigenvalue weighted by atomic mass is 32.2. The summed E-state index contributed by atoms with van der Waals surface area (Å²) in [5.74, 6) is -1.09. The van der Waals surface area contributed by atoms with Crippen molar-refractivity contribution >= 4 is 23.7 Å². The summed E-state index contributed by atoms with van der Waals surface area (Å²) in [5.41, 5.74) is 5.27. The molecule has 1 rings (SSSR count). The van der Waals surface area contributed by atoms with Gasteiger partial charge < -0.3 is 15.9 Å². The Balaban J connectivity index is 0.000000321. The number of nitrogens with zero attached hydrogens (tertiary/aromatic N) is 1. The van der Waals surface area contributed by atoms with Crippen molar-refractivity contribution in [2.75, 3.05) is 12.0 Å². The van der Waals surface area contributed by atoms with Crippen LogP contribution in [0.3, 0.4) is 0 Å². The number of aromatic carboxylic acids is 1. The third-order valence-corrected chi connectivity index (χ3v) is 2.48. The van der Waals surface area contributed by atoms with Crippen LogP contribution in [0, 0.1) is 0 Å². The van der Waals surface area contributed by atoms with Gasteiger partial charge in [0.05, 0.1) is 0 Å². The Morgan fingerprint density at radius 1 is 1.44 bits per heavy atom. The van der Waals surface area contributed by atoms with E-state index in [1.54, 1.807) is 23.9 Å². The molecule has 0 aromatic carbocycles. The molecule has 0 saturated carbocycles. The molecule has 0 amide bonds. The van der Waals surface area contributed by atoms with Crippen LogP contribution in [0.25, 0.3) is 0 Å². The number of thioether (sulfide) groups is 1. The van der Waals surface area contributed by atoms with Crippen LogP contribution in [0.2, 0.25) is 0 Å². The molecule has 0 bridgehead atoms. The van der Waals surface area contributed by atoms with Crippen molar-refractivity contribution in [2.24, 2.45) is 5.73 Å². The first kappa shape index (κ1) is 16.4. The van der Waals surface area contributed by atoms with Gasteiger partial charge in [-0.05, 0) is 30.6 Å². The second-order valence-corrected chi connectivity index (χ2v) is 4.23. The molecule has 0 aliphatic rings. The standard InChI is InChI=1S/C6H5NO2.C5H11NO2S/c8-6(9)5-3-1-2-4-7-5;1-9-3-2-4(6)5(7)8/h1-4H,(H,8,9);4H,2-3,6H2,1H3,(H,7,8). The lowest BCUT2D eigenvalue weighted by atomic mass is 10.2. The maximum atomic E-state index is 10.1. The maximum absolute atomic E-state index is 10.1. The number of nitrogens with two attached hydrogens (primary N) is 1. The largest absolute Gasteiger partial charge is 0.480 e. The second kappa shape index (κ2) is 9.43. The van der Waals surface area contributed by atoms with Crippen LogP contribution in [0.1, 0.15) is 16.9 Å². The van der Waals surface area contributed by atoms with Crippen LogP contribution >= 0.6 is 11.8 Å². The number of carbonyl (C=O) groups is 2. The topological polar surface area (TPSA) is 114 Å². The molecule has 7 heteroatoms. The third-order valence-electron chi connectivity index (χ3n) is 1.83. The van der Waals surface area contributed by atoms with Gasteiger partial charge in [0.15, 0.2) is 0 Å². The fourth-order valence-electron chi connectivity index (χ4n) is 0.858. The highest BCUT2D eigenvalue weighted by Gasteiger charge is 2.08. The molecule has 18 heavy (non-hydrogen) atoms. The lowest BCUT2D eigenvalue weighted by Crippen LogP contribution is -2.30. The Kier molecular flexibility index (Phi) is 8.59. The molecule has 1 aromatic rings. The van der Waals surface area contributed by atoms with Gasteiger partial charge in [-0.2, -0.15) is 11.8 Å². The number of carboxylic acid groups (broad SMARTS) is 2. The van der Waals surface area contributed by atoms with E-state index in [-0.39, 0.29) is 5.69 Å². The van der Waals surface area contributed by atoms with Crippen LogP contribution in [-0.2, 0) is 4.79 Å². The normalized spacial score (nSPS) is 11.0. The monoisotopic (exact) mass is 272 g/mol. The molecule has 0 spiro atoms. The van der Waals surface area contributed by atoms with Crippen molar-refractivity contribution < 1.29 is 19.8 Å².